The van der Waals surface area contributed by atoms with Gasteiger partial charge in [-0.2, -0.15) is 0 Å². The van der Waals surface area contributed by atoms with Crippen LogP contribution in [0.5, 0.6) is 0 Å². The average molecular weight is 895 g/mol. The lowest BCUT2D eigenvalue weighted by molar-refractivity contribution is 0.195. The summed E-state index contributed by atoms with van der Waals surface area (Å²) in [6.45, 7) is 36.9. The molecular formula is C64H71BN2O. The third-order valence-corrected chi connectivity index (χ3v) is 19.5. The lowest BCUT2D eigenvalue weighted by atomic mass is 9.42. The van der Waals surface area contributed by atoms with Crippen LogP contribution < -0.4 is 20.6 Å². The smallest absolute Gasteiger partial charge is 0.333 e. The molecule has 346 valence electrons. The van der Waals surface area contributed by atoms with Crippen molar-refractivity contribution >= 4 is 62.5 Å². The van der Waals surface area contributed by atoms with Gasteiger partial charge >= 0.3 is 6.85 Å². The van der Waals surface area contributed by atoms with Gasteiger partial charge in [-0.3, -0.25) is 0 Å². The minimum atomic E-state index is -0.196. The Balaban J connectivity index is 1.25. The zero-order valence-corrected chi connectivity index (χ0v) is 43.7. The molecule has 1 saturated carbocycles. The molecule has 6 aliphatic rings. The van der Waals surface area contributed by atoms with E-state index in [0.717, 1.165) is 17.6 Å². The Morgan fingerprint density at radius 2 is 1.25 bits per heavy atom. The zero-order chi connectivity index (χ0) is 47.8. The number of aryl methyl sites for hydroxylation is 1. The molecule has 0 spiro atoms. The van der Waals surface area contributed by atoms with Crippen LogP contribution in [0.2, 0.25) is 0 Å². The highest BCUT2D eigenvalue weighted by Gasteiger charge is 2.63. The highest BCUT2D eigenvalue weighted by Crippen LogP contribution is 2.65. The maximum absolute atomic E-state index is 7.11. The van der Waals surface area contributed by atoms with Gasteiger partial charge in [-0.15, -0.1) is 0 Å². The Morgan fingerprint density at radius 3 is 1.96 bits per heavy atom. The van der Waals surface area contributed by atoms with Gasteiger partial charge in [0.25, 0.3) is 0 Å². The standard InChI is InChI=1S/C64H71BN2O/c1-36-30-37(58(2,3)4)22-25-48(36)67-56-40(23-24-42-52(56)41-33-44-45(34-43(41)62(42,12)13)61(10,11)29-28-60(44,8)9)54-53-39-20-16-17-21-50(39)68-51(53)35-49-55(54)65(67)47-32-38(59(5,6)7)31-46-57(47)66(49)64(15)27-19-18-26-63(46,64)14/h16-17,20-25,30-35H,18-19,26-29H2,1-15H3. The van der Waals surface area contributed by atoms with Gasteiger partial charge in [0, 0.05) is 61.5 Å². The molecule has 2 atom stereocenters. The Hall–Kier alpha value is -5.22. The van der Waals surface area contributed by atoms with Crippen molar-refractivity contribution in [3.63, 3.8) is 0 Å². The summed E-state index contributed by atoms with van der Waals surface area (Å²) in [6.07, 6.45) is 7.24. The molecule has 4 heterocycles. The number of furan rings is 1. The van der Waals surface area contributed by atoms with Crippen LogP contribution in [-0.2, 0) is 32.5 Å². The molecular weight excluding hydrogens is 824 g/mol. The largest absolute Gasteiger partial charge is 0.456 e. The van der Waals surface area contributed by atoms with Gasteiger partial charge < -0.3 is 14.1 Å². The fourth-order valence-corrected chi connectivity index (χ4v) is 15.0. The van der Waals surface area contributed by atoms with Gasteiger partial charge in [-0.05, 0) is 146 Å². The molecule has 3 aliphatic carbocycles. The van der Waals surface area contributed by atoms with Gasteiger partial charge in [0.1, 0.15) is 11.2 Å². The topological polar surface area (TPSA) is 19.6 Å². The second-order valence-corrected chi connectivity index (χ2v) is 26.8. The molecule has 7 aromatic rings. The van der Waals surface area contributed by atoms with Gasteiger partial charge in [-0.1, -0.05) is 164 Å². The van der Waals surface area contributed by atoms with E-state index in [4.69, 9.17) is 4.42 Å². The van der Waals surface area contributed by atoms with Gasteiger partial charge in [0.15, 0.2) is 0 Å². The van der Waals surface area contributed by atoms with Crippen LogP contribution in [-0.4, -0.2) is 12.4 Å². The van der Waals surface area contributed by atoms with E-state index >= 15 is 0 Å². The number of para-hydroxylation sites is 1. The summed E-state index contributed by atoms with van der Waals surface area (Å²) in [5.41, 5.74) is 27.3. The summed E-state index contributed by atoms with van der Waals surface area (Å²) >= 11 is 0. The van der Waals surface area contributed by atoms with E-state index in [2.05, 4.69) is 198 Å². The number of benzene rings is 6. The first-order valence-corrected chi connectivity index (χ1v) is 26.1. The fraction of sp³-hybridized carbons (Fsp3) is 0.438. The second-order valence-electron chi connectivity index (χ2n) is 26.8. The van der Waals surface area contributed by atoms with E-state index in [-0.39, 0.29) is 44.9 Å². The lowest BCUT2D eigenvalue weighted by Gasteiger charge is -2.53. The van der Waals surface area contributed by atoms with Crippen LogP contribution >= 0.6 is 0 Å². The number of anilines is 4. The van der Waals surface area contributed by atoms with Crippen molar-refractivity contribution in [1.29, 1.82) is 0 Å². The van der Waals surface area contributed by atoms with E-state index in [1.807, 2.05) is 0 Å². The molecule has 0 bridgehead atoms. The Bertz CT molecular complexity index is 3420. The normalized spacial score (nSPS) is 23.2. The zero-order valence-electron chi connectivity index (χ0n) is 43.7. The van der Waals surface area contributed by atoms with E-state index in [0.29, 0.717) is 0 Å². The summed E-state index contributed by atoms with van der Waals surface area (Å²) in [5.74, 6) is 0. The number of rotatable bonds is 1. The Labute approximate surface area is 406 Å². The van der Waals surface area contributed by atoms with Crippen LogP contribution in [0.3, 0.4) is 0 Å². The van der Waals surface area contributed by atoms with Crippen molar-refractivity contribution < 1.29 is 4.42 Å². The summed E-state index contributed by atoms with van der Waals surface area (Å²) in [6, 6.07) is 34.5. The third-order valence-electron chi connectivity index (χ3n) is 19.5. The first-order valence-electron chi connectivity index (χ1n) is 26.1. The first-order chi connectivity index (χ1) is 31.9. The molecule has 0 saturated heterocycles. The molecule has 1 fully saturated rings. The average Bonchev–Trinajstić information content (AvgIpc) is 3.83. The molecule has 68 heavy (non-hydrogen) atoms. The maximum atomic E-state index is 7.11. The predicted molar refractivity (Wildman–Crippen MR) is 291 cm³/mol. The summed E-state index contributed by atoms with van der Waals surface area (Å²) < 4.78 is 7.11. The van der Waals surface area contributed by atoms with E-state index in [1.54, 1.807) is 11.1 Å². The minimum Gasteiger partial charge on any atom is -0.456 e. The highest BCUT2D eigenvalue weighted by molar-refractivity contribution is 6.94. The molecule has 0 amide bonds. The van der Waals surface area contributed by atoms with Crippen molar-refractivity contribution in [2.24, 2.45) is 0 Å². The Morgan fingerprint density at radius 1 is 0.559 bits per heavy atom. The minimum absolute atomic E-state index is 0.0222. The second kappa shape index (κ2) is 12.9. The monoisotopic (exact) mass is 895 g/mol. The van der Waals surface area contributed by atoms with E-state index < -0.39 is 0 Å². The number of nitrogens with zero attached hydrogens (tertiary/aromatic N) is 2. The van der Waals surface area contributed by atoms with Crippen molar-refractivity contribution in [3.8, 4) is 22.3 Å². The van der Waals surface area contributed by atoms with Crippen LogP contribution in [0.25, 0.3) is 44.2 Å². The summed E-state index contributed by atoms with van der Waals surface area (Å²) in [5, 5.41) is 2.45. The molecule has 4 heteroatoms. The number of hydrogen-bond acceptors (Lipinski definition) is 3. The van der Waals surface area contributed by atoms with Crippen LogP contribution in [0.1, 0.15) is 180 Å². The molecule has 0 N–H and O–H groups in total. The molecule has 13 rings (SSSR count). The quantitative estimate of drug-likeness (QED) is 0.153. The maximum Gasteiger partial charge on any atom is 0.333 e. The van der Waals surface area contributed by atoms with Crippen molar-refractivity contribution in [2.45, 2.75) is 180 Å². The van der Waals surface area contributed by atoms with Crippen molar-refractivity contribution in [3.05, 3.63) is 129 Å². The Kier molecular flexibility index (Phi) is 8.16. The number of fused-ring (bicyclic) bond motifs is 16. The van der Waals surface area contributed by atoms with Gasteiger partial charge in [-0.25, -0.2) is 0 Å². The fourth-order valence-electron chi connectivity index (χ4n) is 15.0. The molecule has 3 nitrogen and oxygen atoms in total. The molecule has 6 aromatic carbocycles. The third kappa shape index (κ3) is 5.18. The van der Waals surface area contributed by atoms with Crippen LogP contribution in [0.15, 0.2) is 89.3 Å². The number of hydrogen-bond donors (Lipinski definition) is 0. The summed E-state index contributed by atoms with van der Waals surface area (Å²) in [4.78, 5) is 5.77. The molecule has 1 aromatic heterocycles. The SMILES string of the molecule is Cc1cc(C(C)(C)C)ccc1N1B2c3cc(C(C)(C)C)cc4c3N(c3cc5oc6ccccc6c5c(c32)-c2ccc3c(c21)-c1cc2c(cc1C3(C)C)C(C)(C)CCC2(C)C)C1(C)CCCCC41C. The first kappa shape index (κ1) is 42.9. The van der Waals surface area contributed by atoms with Gasteiger partial charge in [0.05, 0.1) is 5.54 Å². The highest BCUT2D eigenvalue weighted by atomic mass is 16.3. The molecule has 0 radical (unpaired) electrons. The predicted octanol–water partition coefficient (Wildman–Crippen LogP) is 16.1. The molecule has 3 aliphatic heterocycles. The van der Waals surface area contributed by atoms with Gasteiger partial charge in [0.2, 0.25) is 0 Å². The van der Waals surface area contributed by atoms with E-state index in [9.17, 15) is 0 Å². The van der Waals surface area contributed by atoms with Crippen LogP contribution in [0.4, 0.5) is 22.7 Å². The van der Waals surface area contributed by atoms with Crippen LogP contribution in [0, 0.1) is 6.92 Å². The van der Waals surface area contributed by atoms with E-state index in [1.165, 1.54) is 132 Å². The van der Waals surface area contributed by atoms with Crippen molar-refractivity contribution in [2.75, 3.05) is 9.71 Å². The molecule has 2 unspecified atom stereocenters. The summed E-state index contributed by atoms with van der Waals surface area (Å²) in [7, 11) is 0. The van der Waals surface area contributed by atoms with Crippen molar-refractivity contribution in [1.82, 2.24) is 0 Å². The lowest BCUT2D eigenvalue weighted by Crippen LogP contribution is -2.65.